The maximum absolute atomic E-state index is 11.9. The third kappa shape index (κ3) is 14.0. The number of carboxylic acid groups (broad SMARTS) is 1. The summed E-state index contributed by atoms with van der Waals surface area (Å²) >= 11 is 0. The van der Waals surface area contributed by atoms with Crippen LogP contribution in [0, 0.1) is 0 Å². The van der Waals surface area contributed by atoms with Crippen LogP contribution in [0.25, 0.3) is 0 Å². The van der Waals surface area contributed by atoms with Gasteiger partial charge in [-0.15, -0.1) is 0 Å². The van der Waals surface area contributed by atoms with Crippen molar-refractivity contribution in [2.45, 2.75) is 122 Å². The number of benzene rings is 2. The van der Waals surface area contributed by atoms with Crippen molar-refractivity contribution in [3.8, 4) is 0 Å². The second-order valence-electron chi connectivity index (χ2n) is 12.5. The molecule has 1 atom stereocenters. The number of anilines is 1. The number of nitrogens with one attached hydrogen (secondary N) is 3. The van der Waals surface area contributed by atoms with Gasteiger partial charge in [0.05, 0.1) is 0 Å². The number of hydrogen-bond donors (Lipinski definition) is 4. The second-order valence-corrected chi connectivity index (χ2v) is 12.5. The molecule has 2 aliphatic rings. The van der Waals surface area contributed by atoms with Gasteiger partial charge in [0.2, 0.25) is 0 Å². The number of carboxylic acids is 1. The standard InChI is InChI=1S/C22H26N2O6.C12H23N/c1-22(2,3)30-21(28)24-18(19(25)26)13-15-9-11-17(12-10-15)23-20(27)29-14-16-7-5-4-6-8-16;1-3-7-11(8-4-1)13-12-9-5-2-6-10-12/h4-12,18H,13-14H2,1-3H3,(H,23,27)(H,24,28)(H,25,26);11-13H,1-10H2. The highest BCUT2D eigenvalue weighted by molar-refractivity contribution is 5.84. The molecule has 43 heavy (non-hydrogen) atoms. The highest BCUT2D eigenvalue weighted by Crippen LogP contribution is 2.22. The minimum atomic E-state index is -1.17. The van der Waals surface area contributed by atoms with Crippen LogP contribution in [0.4, 0.5) is 15.3 Å². The van der Waals surface area contributed by atoms with E-state index in [-0.39, 0.29) is 13.0 Å². The Morgan fingerprint density at radius 3 is 1.86 bits per heavy atom. The number of carbonyl (C=O) groups excluding carboxylic acids is 2. The molecule has 0 heterocycles. The lowest BCUT2D eigenvalue weighted by atomic mass is 9.91. The molecule has 2 aliphatic carbocycles. The van der Waals surface area contributed by atoms with Crippen LogP contribution in [0.1, 0.15) is 96.1 Å². The molecule has 0 saturated heterocycles. The maximum Gasteiger partial charge on any atom is 0.411 e. The Kier molecular flexibility index (Phi) is 13.8. The summed E-state index contributed by atoms with van der Waals surface area (Å²) in [7, 11) is 0. The van der Waals surface area contributed by atoms with Crippen LogP contribution < -0.4 is 16.0 Å². The van der Waals surface area contributed by atoms with E-state index in [9.17, 15) is 19.5 Å². The molecule has 4 N–H and O–H groups in total. The first kappa shape index (κ1) is 33.9. The van der Waals surface area contributed by atoms with Crippen LogP contribution in [0.3, 0.4) is 0 Å². The van der Waals surface area contributed by atoms with Crippen LogP contribution in [-0.2, 0) is 27.3 Å². The van der Waals surface area contributed by atoms with Crippen molar-refractivity contribution in [2.24, 2.45) is 0 Å². The molecule has 236 valence electrons. The predicted molar refractivity (Wildman–Crippen MR) is 168 cm³/mol. The number of aliphatic carboxylic acids is 1. The first-order valence-corrected chi connectivity index (χ1v) is 15.6. The van der Waals surface area contributed by atoms with E-state index in [1.807, 2.05) is 30.3 Å². The highest BCUT2D eigenvalue weighted by Gasteiger charge is 2.24. The topological polar surface area (TPSA) is 126 Å². The van der Waals surface area contributed by atoms with Gasteiger partial charge in [-0.2, -0.15) is 0 Å². The average Bonchev–Trinajstić information content (AvgIpc) is 2.98. The second kappa shape index (κ2) is 17.5. The Balaban J connectivity index is 0.000000321. The lowest BCUT2D eigenvalue weighted by Crippen LogP contribution is -2.44. The van der Waals surface area contributed by atoms with E-state index in [1.54, 1.807) is 45.0 Å². The first-order chi connectivity index (χ1) is 20.6. The molecule has 9 heteroatoms. The molecule has 0 aliphatic heterocycles. The summed E-state index contributed by atoms with van der Waals surface area (Å²) in [6.45, 7) is 5.23. The minimum Gasteiger partial charge on any atom is -0.480 e. The molecule has 2 aromatic rings. The largest absolute Gasteiger partial charge is 0.480 e. The van der Waals surface area contributed by atoms with Crippen LogP contribution in [0.5, 0.6) is 0 Å². The normalized spacial score (nSPS) is 16.6. The van der Waals surface area contributed by atoms with Gasteiger partial charge in [-0.25, -0.2) is 14.4 Å². The van der Waals surface area contributed by atoms with Gasteiger partial charge in [0.1, 0.15) is 18.2 Å². The zero-order valence-electron chi connectivity index (χ0n) is 25.9. The number of hydrogen-bond acceptors (Lipinski definition) is 6. The number of alkyl carbamates (subject to hydrolysis) is 1. The SMILES string of the molecule is C1CCC(NC2CCCCC2)CC1.CC(C)(C)OC(=O)NC(Cc1ccc(NC(=O)OCc2ccccc2)cc1)C(=O)O. The molecule has 0 bridgehead atoms. The van der Waals surface area contributed by atoms with Crippen LogP contribution >= 0.6 is 0 Å². The maximum atomic E-state index is 11.9. The van der Waals surface area contributed by atoms with E-state index >= 15 is 0 Å². The van der Waals surface area contributed by atoms with E-state index in [2.05, 4.69) is 16.0 Å². The van der Waals surface area contributed by atoms with E-state index < -0.39 is 29.8 Å². The Bertz CT molecular complexity index is 1110. The summed E-state index contributed by atoms with van der Waals surface area (Å²) < 4.78 is 10.3. The Hall–Kier alpha value is -3.59. The molecule has 2 fully saturated rings. The van der Waals surface area contributed by atoms with E-state index in [0.717, 1.165) is 17.6 Å². The number of ether oxygens (including phenoxy) is 2. The third-order valence-corrected chi connectivity index (χ3v) is 7.52. The molecule has 2 amide bonds. The van der Waals surface area contributed by atoms with Gasteiger partial charge in [-0.1, -0.05) is 81.0 Å². The van der Waals surface area contributed by atoms with Gasteiger partial charge < -0.3 is 25.2 Å². The third-order valence-electron chi connectivity index (χ3n) is 7.52. The van der Waals surface area contributed by atoms with Gasteiger partial charge in [-0.05, 0) is 69.7 Å². The van der Waals surface area contributed by atoms with Crippen molar-refractivity contribution in [3.05, 3.63) is 65.7 Å². The van der Waals surface area contributed by atoms with Crippen molar-refractivity contribution in [3.63, 3.8) is 0 Å². The molecular weight excluding hydrogens is 546 g/mol. The minimum absolute atomic E-state index is 0.0628. The van der Waals surface area contributed by atoms with Crippen LogP contribution in [0.2, 0.25) is 0 Å². The lowest BCUT2D eigenvalue weighted by Gasteiger charge is -2.30. The molecule has 9 nitrogen and oxygen atoms in total. The fourth-order valence-corrected chi connectivity index (χ4v) is 5.36. The monoisotopic (exact) mass is 595 g/mol. The first-order valence-electron chi connectivity index (χ1n) is 15.6. The zero-order valence-corrected chi connectivity index (χ0v) is 25.9. The fourth-order valence-electron chi connectivity index (χ4n) is 5.36. The molecule has 0 spiro atoms. The molecule has 4 rings (SSSR count). The van der Waals surface area contributed by atoms with Crippen molar-refractivity contribution in [1.82, 2.24) is 10.6 Å². The van der Waals surface area contributed by atoms with Gasteiger partial charge >= 0.3 is 18.2 Å². The predicted octanol–water partition coefficient (Wildman–Crippen LogP) is 7.20. The fraction of sp³-hybridized carbons (Fsp3) is 0.559. The van der Waals surface area contributed by atoms with Crippen LogP contribution in [0.15, 0.2) is 54.6 Å². The summed E-state index contributed by atoms with van der Waals surface area (Å²) in [6, 6.07) is 16.5. The summed E-state index contributed by atoms with van der Waals surface area (Å²) in [4.78, 5) is 35.2. The average molecular weight is 596 g/mol. The van der Waals surface area contributed by atoms with Crippen molar-refractivity contribution in [1.29, 1.82) is 0 Å². The van der Waals surface area contributed by atoms with Crippen molar-refractivity contribution < 1.29 is 29.0 Å². The zero-order chi connectivity index (χ0) is 31.1. The van der Waals surface area contributed by atoms with Crippen molar-refractivity contribution >= 4 is 23.8 Å². The Morgan fingerprint density at radius 1 is 0.791 bits per heavy atom. The molecule has 0 radical (unpaired) electrons. The van der Waals surface area contributed by atoms with Gasteiger partial charge in [0, 0.05) is 24.2 Å². The van der Waals surface area contributed by atoms with Gasteiger partial charge in [0.25, 0.3) is 0 Å². The highest BCUT2D eigenvalue weighted by atomic mass is 16.6. The van der Waals surface area contributed by atoms with Crippen molar-refractivity contribution in [2.75, 3.05) is 5.32 Å². The summed E-state index contributed by atoms with van der Waals surface area (Å²) in [5.41, 5.74) is 1.32. The Labute approximate surface area is 256 Å². The van der Waals surface area contributed by atoms with Crippen LogP contribution in [-0.4, -0.2) is 47.0 Å². The smallest absolute Gasteiger partial charge is 0.411 e. The van der Waals surface area contributed by atoms with E-state index in [4.69, 9.17) is 9.47 Å². The lowest BCUT2D eigenvalue weighted by molar-refractivity contribution is -0.139. The quantitative estimate of drug-likeness (QED) is 0.242. The number of carbonyl (C=O) groups is 3. The molecule has 2 saturated carbocycles. The molecule has 0 aromatic heterocycles. The van der Waals surface area contributed by atoms with E-state index in [1.165, 1.54) is 64.2 Å². The molecular formula is C34H49N3O6. The number of rotatable bonds is 9. The Morgan fingerprint density at radius 2 is 1.35 bits per heavy atom. The number of amides is 2. The summed E-state index contributed by atoms with van der Waals surface area (Å²) in [5.74, 6) is -1.17. The van der Waals surface area contributed by atoms with E-state index in [0.29, 0.717) is 11.3 Å². The summed E-state index contributed by atoms with van der Waals surface area (Å²) in [5, 5.41) is 18.2. The van der Waals surface area contributed by atoms with Gasteiger partial charge in [0.15, 0.2) is 0 Å². The summed E-state index contributed by atoms with van der Waals surface area (Å²) in [6.07, 6.45) is 13.2. The molecule has 2 aromatic carbocycles. The molecule has 1 unspecified atom stereocenters. The van der Waals surface area contributed by atoms with Gasteiger partial charge in [-0.3, -0.25) is 5.32 Å².